The quantitative estimate of drug-likeness (QED) is 0.398. The molecule has 2 aromatic carbocycles. The summed E-state index contributed by atoms with van der Waals surface area (Å²) < 4.78 is 13.0. The summed E-state index contributed by atoms with van der Waals surface area (Å²) in [4.78, 5) is 17.1. The molecule has 148 valence electrons. The maximum atomic E-state index is 13.0. The van der Waals surface area contributed by atoms with E-state index in [-0.39, 0.29) is 17.6 Å². The number of halogens is 1. The highest BCUT2D eigenvalue weighted by atomic mass is 32.1. The highest BCUT2D eigenvalue weighted by Gasteiger charge is 2.21. The van der Waals surface area contributed by atoms with Crippen molar-refractivity contribution in [2.75, 3.05) is 11.9 Å². The van der Waals surface area contributed by atoms with Crippen molar-refractivity contribution >= 4 is 33.8 Å². The zero-order valence-electron chi connectivity index (χ0n) is 16.0. The first-order valence-corrected chi connectivity index (χ1v) is 10.4. The van der Waals surface area contributed by atoms with Gasteiger partial charge in [0, 0.05) is 40.1 Å². The second-order valence-electron chi connectivity index (χ2n) is 6.98. The SMILES string of the molecule is C[C@@H](NC[C@@H](c1cccs1)c1c[nH]c2ccccc12)C(=O)Nc1ccc(F)cc1. The van der Waals surface area contributed by atoms with Gasteiger partial charge in [-0.1, -0.05) is 24.3 Å². The van der Waals surface area contributed by atoms with Gasteiger partial charge in [0.15, 0.2) is 0 Å². The first-order chi connectivity index (χ1) is 14.1. The second kappa shape index (κ2) is 8.59. The summed E-state index contributed by atoms with van der Waals surface area (Å²) in [5, 5.41) is 9.44. The Kier molecular flexibility index (Phi) is 5.74. The number of anilines is 1. The van der Waals surface area contributed by atoms with Gasteiger partial charge in [0.25, 0.3) is 0 Å². The van der Waals surface area contributed by atoms with Crippen LogP contribution in [0.4, 0.5) is 10.1 Å². The van der Waals surface area contributed by atoms with Gasteiger partial charge in [-0.3, -0.25) is 4.79 Å². The molecule has 29 heavy (non-hydrogen) atoms. The number of benzene rings is 2. The van der Waals surface area contributed by atoms with Crippen LogP contribution in [0.2, 0.25) is 0 Å². The Morgan fingerprint density at radius 2 is 1.90 bits per heavy atom. The third-order valence-corrected chi connectivity index (χ3v) is 6.00. The van der Waals surface area contributed by atoms with Gasteiger partial charge in [-0.05, 0) is 54.3 Å². The highest BCUT2D eigenvalue weighted by molar-refractivity contribution is 7.10. The lowest BCUT2D eigenvalue weighted by Crippen LogP contribution is -2.40. The van der Waals surface area contributed by atoms with Gasteiger partial charge < -0.3 is 15.6 Å². The summed E-state index contributed by atoms with van der Waals surface area (Å²) in [7, 11) is 0. The van der Waals surface area contributed by atoms with Crippen molar-refractivity contribution in [2.45, 2.75) is 18.9 Å². The number of nitrogens with one attached hydrogen (secondary N) is 3. The Hall–Kier alpha value is -2.96. The van der Waals surface area contributed by atoms with E-state index in [1.807, 2.05) is 25.1 Å². The number of para-hydroxylation sites is 1. The van der Waals surface area contributed by atoms with Crippen molar-refractivity contribution < 1.29 is 9.18 Å². The molecule has 0 aliphatic rings. The van der Waals surface area contributed by atoms with Crippen molar-refractivity contribution in [3.8, 4) is 0 Å². The van der Waals surface area contributed by atoms with Gasteiger partial charge in [0.2, 0.25) is 5.91 Å². The van der Waals surface area contributed by atoms with Gasteiger partial charge in [0.05, 0.1) is 6.04 Å². The zero-order valence-corrected chi connectivity index (χ0v) is 16.8. The van der Waals surface area contributed by atoms with Gasteiger partial charge in [0.1, 0.15) is 5.82 Å². The highest BCUT2D eigenvalue weighted by Crippen LogP contribution is 2.32. The van der Waals surface area contributed by atoms with E-state index in [1.165, 1.54) is 28.0 Å². The van der Waals surface area contributed by atoms with Crippen molar-refractivity contribution in [3.05, 3.63) is 88.5 Å². The molecule has 0 bridgehead atoms. The van der Waals surface area contributed by atoms with Crippen LogP contribution in [-0.4, -0.2) is 23.5 Å². The largest absolute Gasteiger partial charge is 0.361 e. The number of carbonyl (C=O) groups excluding carboxylic acids is 1. The maximum absolute atomic E-state index is 13.0. The molecule has 3 N–H and O–H groups in total. The molecule has 1 amide bonds. The number of thiophene rings is 1. The topological polar surface area (TPSA) is 56.9 Å². The lowest BCUT2D eigenvalue weighted by molar-refractivity contribution is -0.117. The Labute approximate surface area is 172 Å². The molecule has 0 spiro atoms. The Bertz CT molecular complexity index is 1090. The third kappa shape index (κ3) is 4.39. The van der Waals surface area contributed by atoms with E-state index in [2.05, 4.69) is 45.4 Å². The smallest absolute Gasteiger partial charge is 0.241 e. The molecule has 0 saturated heterocycles. The van der Waals surface area contributed by atoms with E-state index < -0.39 is 6.04 Å². The van der Waals surface area contributed by atoms with Crippen LogP contribution in [0.25, 0.3) is 10.9 Å². The summed E-state index contributed by atoms with van der Waals surface area (Å²) in [5.74, 6) is -0.348. The van der Waals surface area contributed by atoms with E-state index in [0.717, 1.165) is 5.52 Å². The Balaban J connectivity index is 1.48. The molecule has 2 heterocycles. The van der Waals surface area contributed by atoms with Gasteiger partial charge >= 0.3 is 0 Å². The van der Waals surface area contributed by atoms with Crippen LogP contribution in [0.15, 0.2) is 72.2 Å². The first-order valence-electron chi connectivity index (χ1n) is 9.51. The minimum atomic E-state index is -0.396. The van der Waals surface area contributed by atoms with Gasteiger partial charge in [-0.25, -0.2) is 4.39 Å². The van der Waals surface area contributed by atoms with Crippen molar-refractivity contribution in [2.24, 2.45) is 0 Å². The zero-order chi connectivity index (χ0) is 20.2. The number of hydrogen-bond acceptors (Lipinski definition) is 3. The number of aromatic nitrogens is 1. The molecule has 2 aromatic heterocycles. The van der Waals surface area contributed by atoms with Crippen LogP contribution in [0.1, 0.15) is 23.3 Å². The molecular weight excluding hydrogens is 385 g/mol. The second-order valence-corrected chi connectivity index (χ2v) is 7.96. The maximum Gasteiger partial charge on any atom is 0.241 e. The van der Waals surface area contributed by atoms with E-state index in [1.54, 1.807) is 23.5 Å². The van der Waals surface area contributed by atoms with E-state index >= 15 is 0 Å². The molecule has 0 radical (unpaired) electrons. The minimum absolute atomic E-state index is 0.132. The van der Waals surface area contributed by atoms with Gasteiger partial charge in [-0.2, -0.15) is 0 Å². The number of hydrogen-bond donors (Lipinski definition) is 3. The number of rotatable bonds is 7. The number of H-pyrrole nitrogens is 1. The number of aromatic amines is 1. The van der Waals surface area contributed by atoms with E-state index in [0.29, 0.717) is 12.2 Å². The summed E-state index contributed by atoms with van der Waals surface area (Å²) in [6.45, 7) is 2.46. The normalized spacial score (nSPS) is 13.3. The fourth-order valence-corrected chi connectivity index (χ4v) is 4.25. The summed E-state index contributed by atoms with van der Waals surface area (Å²) in [6, 6.07) is 17.8. The molecule has 6 heteroatoms. The monoisotopic (exact) mass is 407 g/mol. The molecule has 2 atom stereocenters. The average molecular weight is 408 g/mol. The van der Waals surface area contributed by atoms with Crippen LogP contribution in [-0.2, 0) is 4.79 Å². The lowest BCUT2D eigenvalue weighted by Gasteiger charge is -2.20. The van der Waals surface area contributed by atoms with E-state index in [4.69, 9.17) is 0 Å². The molecule has 4 aromatic rings. The molecule has 4 nitrogen and oxygen atoms in total. The lowest BCUT2D eigenvalue weighted by atomic mass is 9.96. The Morgan fingerprint density at radius 3 is 2.66 bits per heavy atom. The Morgan fingerprint density at radius 1 is 1.10 bits per heavy atom. The number of fused-ring (bicyclic) bond motifs is 1. The molecular formula is C23H22FN3OS. The average Bonchev–Trinajstić information content (AvgIpc) is 3.40. The summed E-state index contributed by atoms with van der Waals surface area (Å²) in [5.41, 5.74) is 2.89. The van der Waals surface area contributed by atoms with Crippen molar-refractivity contribution in [3.63, 3.8) is 0 Å². The fraction of sp³-hybridized carbons (Fsp3) is 0.174. The van der Waals surface area contributed by atoms with Crippen molar-refractivity contribution in [1.82, 2.24) is 10.3 Å². The van der Waals surface area contributed by atoms with Crippen LogP contribution < -0.4 is 10.6 Å². The van der Waals surface area contributed by atoms with E-state index in [9.17, 15) is 9.18 Å². The molecule has 0 aliphatic heterocycles. The standard InChI is InChI=1S/C23H22FN3OS/c1-15(23(28)27-17-10-8-16(24)9-11-17)25-14-20(22-7-4-12-29-22)19-13-26-21-6-3-2-5-18(19)21/h2-13,15,20,25-26H,14H2,1H3,(H,27,28)/t15-,20-/m1/s1. The van der Waals surface area contributed by atoms with Crippen molar-refractivity contribution in [1.29, 1.82) is 0 Å². The fourth-order valence-electron chi connectivity index (χ4n) is 3.41. The number of carbonyl (C=O) groups is 1. The van der Waals surface area contributed by atoms with Crippen LogP contribution in [0.5, 0.6) is 0 Å². The molecule has 0 aliphatic carbocycles. The van der Waals surface area contributed by atoms with Gasteiger partial charge in [-0.15, -0.1) is 11.3 Å². The molecule has 0 unspecified atom stereocenters. The molecule has 0 fully saturated rings. The van der Waals surface area contributed by atoms with Crippen LogP contribution in [0, 0.1) is 5.82 Å². The predicted octanol–water partition coefficient (Wildman–Crippen LogP) is 5.12. The predicted molar refractivity (Wildman–Crippen MR) is 117 cm³/mol. The van der Waals surface area contributed by atoms with Crippen LogP contribution in [0.3, 0.4) is 0 Å². The number of amides is 1. The molecule has 4 rings (SSSR count). The van der Waals surface area contributed by atoms with Crippen LogP contribution >= 0.6 is 11.3 Å². The summed E-state index contributed by atoms with van der Waals surface area (Å²) in [6.07, 6.45) is 2.06. The third-order valence-electron chi connectivity index (χ3n) is 5.02. The molecule has 0 saturated carbocycles. The first kappa shape index (κ1) is 19.4. The summed E-state index contributed by atoms with van der Waals surface area (Å²) >= 11 is 1.71. The minimum Gasteiger partial charge on any atom is -0.361 e.